The fourth-order valence-electron chi connectivity index (χ4n) is 0. The van der Waals surface area contributed by atoms with E-state index in [0.29, 0.717) is 0 Å². The molecule has 6 N–H and O–H groups in total. The fourth-order valence-corrected chi connectivity index (χ4v) is 0. The molecule has 72 valence electrons. The summed E-state index contributed by atoms with van der Waals surface area (Å²) in [5, 5.41) is 0. The van der Waals surface area contributed by atoms with E-state index < -0.39 is 0 Å². The molecule has 0 saturated carbocycles. The third-order valence-corrected chi connectivity index (χ3v) is 1.24. The Kier molecular flexibility index (Phi) is 46.0. The summed E-state index contributed by atoms with van der Waals surface area (Å²) in [6.45, 7) is 4.36. The molecule has 0 saturated heterocycles. The van der Waals surface area contributed by atoms with E-state index in [2.05, 4.69) is 13.8 Å². The highest BCUT2D eigenvalue weighted by atomic mass is 35.5. The molecule has 0 aromatic carbocycles. The molecule has 0 atom stereocenters. The molecule has 0 fully saturated rings. The lowest BCUT2D eigenvalue weighted by Crippen LogP contribution is -1.47. The molecule has 0 aromatic heterocycles. The van der Waals surface area contributed by atoms with Crippen LogP contribution in [-0.4, -0.2) is 0 Å². The van der Waals surface area contributed by atoms with Crippen LogP contribution in [0.1, 0.15) is 26.7 Å². The van der Waals surface area contributed by atoms with Crippen molar-refractivity contribution in [2.45, 2.75) is 26.7 Å². The smallest absolute Gasteiger partial charge is 0.118 e. The van der Waals surface area contributed by atoms with Gasteiger partial charge in [0.15, 0.2) is 0 Å². The van der Waals surface area contributed by atoms with Gasteiger partial charge in [-0.05, 0) is 0 Å². The third kappa shape index (κ3) is 61.5. The summed E-state index contributed by atoms with van der Waals surface area (Å²) in [7, 11) is 0. The zero-order chi connectivity index (χ0) is 7.70. The summed E-state index contributed by atoms with van der Waals surface area (Å²) in [5.74, 6) is 0. The zero-order valence-corrected chi connectivity index (χ0v) is 9.31. The minimum Gasteiger partial charge on any atom is -0.344 e. The lowest BCUT2D eigenvalue weighted by Gasteiger charge is -1.68. The van der Waals surface area contributed by atoms with Crippen LogP contribution in [0.5, 0.6) is 0 Å². The molecule has 0 aromatic rings. The second-order valence-electron chi connectivity index (χ2n) is 1.40. The summed E-state index contributed by atoms with van der Waals surface area (Å²) in [4.78, 5) is 0. The van der Waals surface area contributed by atoms with Crippen LogP contribution >= 0.6 is 34.8 Å². The summed E-state index contributed by atoms with van der Waals surface area (Å²) >= 11 is 14.8. The first-order chi connectivity index (χ1) is 4.18. The molecule has 0 aliphatic carbocycles. The van der Waals surface area contributed by atoms with Gasteiger partial charge in [-0.15, -0.1) is 0 Å². The van der Waals surface area contributed by atoms with Gasteiger partial charge in [0.25, 0.3) is 0 Å². The van der Waals surface area contributed by atoms with Crippen LogP contribution in [0, 0.1) is 0 Å². The summed E-state index contributed by atoms with van der Waals surface area (Å²) in [6, 6.07) is 0. The molecular weight excluding hydrogens is 206 g/mol. The van der Waals surface area contributed by atoms with Crippen molar-refractivity contribution in [1.29, 1.82) is 0 Å². The third-order valence-electron chi connectivity index (χ3n) is 0.582. The van der Waals surface area contributed by atoms with E-state index in [1.807, 2.05) is 0 Å². The van der Waals surface area contributed by atoms with Crippen LogP contribution in [0.4, 0.5) is 0 Å². The van der Waals surface area contributed by atoms with Crippen molar-refractivity contribution in [3.8, 4) is 0 Å². The van der Waals surface area contributed by atoms with Crippen molar-refractivity contribution in [2.24, 2.45) is 0 Å². The van der Waals surface area contributed by atoms with Crippen LogP contribution in [-0.2, 0) is 0 Å². The van der Waals surface area contributed by atoms with Crippen molar-refractivity contribution in [1.82, 2.24) is 12.3 Å². The molecule has 0 radical (unpaired) electrons. The number of hydrogen-bond donors (Lipinski definition) is 2. The fraction of sp³-hybridized carbons (Fsp3) is 0.667. The van der Waals surface area contributed by atoms with E-state index in [0.717, 1.165) is 5.54 Å². The van der Waals surface area contributed by atoms with Gasteiger partial charge in [-0.3, -0.25) is 0 Å². The largest absolute Gasteiger partial charge is 0.344 e. The second-order valence-corrected chi connectivity index (χ2v) is 2.62. The van der Waals surface area contributed by atoms with Gasteiger partial charge in [0.2, 0.25) is 0 Å². The van der Waals surface area contributed by atoms with Crippen LogP contribution in [0.3, 0.4) is 0 Å². The topological polar surface area (TPSA) is 70.0 Å². The number of halogens is 3. The Bertz CT molecular complexity index is 70.2. The molecule has 0 bridgehead atoms. The predicted molar refractivity (Wildman–Crippen MR) is 56.3 cm³/mol. The van der Waals surface area contributed by atoms with Gasteiger partial charge in [-0.1, -0.05) is 61.5 Å². The van der Waals surface area contributed by atoms with E-state index in [4.69, 9.17) is 34.8 Å². The van der Waals surface area contributed by atoms with Crippen molar-refractivity contribution in [3.05, 3.63) is 10.0 Å². The van der Waals surface area contributed by atoms with Crippen LogP contribution in [0.15, 0.2) is 10.0 Å². The zero-order valence-electron chi connectivity index (χ0n) is 7.04. The maximum atomic E-state index is 4.96. The predicted octanol–water partition coefficient (Wildman–Crippen LogP) is 4.63. The summed E-state index contributed by atoms with van der Waals surface area (Å²) in [6.07, 6.45) is 2.64. The first kappa shape index (κ1) is 22.5. The van der Waals surface area contributed by atoms with E-state index in [9.17, 15) is 0 Å². The van der Waals surface area contributed by atoms with E-state index in [1.165, 1.54) is 12.8 Å². The first-order valence-electron chi connectivity index (χ1n) is 2.80. The molecule has 0 amide bonds. The Labute approximate surface area is 84.1 Å². The molecule has 2 nitrogen and oxygen atoms in total. The first-order valence-corrected chi connectivity index (χ1v) is 3.99. The minimum atomic E-state index is 0. The molecular formula is C6H17Cl3N2. The maximum absolute atomic E-state index is 4.96. The Balaban J connectivity index is -0.0000000383. The molecule has 0 spiro atoms. The lowest BCUT2D eigenvalue weighted by atomic mass is 10.4. The van der Waals surface area contributed by atoms with Crippen LogP contribution in [0.25, 0.3) is 0 Å². The molecule has 0 aliphatic heterocycles. The van der Waals surface area contributed by atoms with Crippen LogP contribution in [0.2, 0.25) is 0 Å². The maximum Gasteiger partial charge on any atom is 0.118 e. The van der Waals surface area contributed by atoms with Gasteiger partial charge in [0.05, 0.1) is 0 Å². The lowest BCUT2D eigenvalue weighted by molar-refractivity contribution is 0.886. The molecule has 5 heteroatoms. The average Bonchev–Trinajstić information content (AvgIpc) is 1.89. The van der Waals surface area contributed by atoms with Gasteiger partial charge < -0.3 is 12.3 Å². The molecule has 11 heavy (non-hydrogen) atoms. The number of hydrogen-bond acceptors (Lipinski definition) is 2. The number of rotatable bonds is 1. The Morgan fingerprint density at radius 3 is 1.27 bits per heavy atom. The SMILES string of the molecule is CCCC.ClC=C(Cl)Cl.N.N. The highest BCUT2D eigenvalue weighted by Crippen LogP contribution is 2.05. The molecule has 0 aliphatic rings. The minimum absolute atomic E-state index is 0. The molecule has 0 unspecified atom stereocenters. The van der Waals surface area contributed by atoms with Gasteiger partial charge in [0, 0.05) is 5.54 Å². The Morgan fingerprint density at radius 2 is 1.27 bits per heavy atom. The molecule has 0 heterocycles. The standard InChI is InChI=1S/C4H10.C2HCl3.2H3N/c1-3-4-2;3-1-2(4)5;;/h3-4H2,1-2H3;1H;2*1H3. The second kappa shape index (κ2) is 22.4. The van der Waals surface area contributed by atoms with E-state index >= 15 is 0 Å². The summed E-state index contributed by atoms with van der Waals surface area (Å²) < 4.78 is 0.0895. The quantitative estimate of drug-likeness (QED) is 0.680. The molecule has 0 rings (SSSR count). The Hall–Kier alpha value is 0.530. The average molecular weight is 224 g/mol. The summed E-state index contributed by atoms with van der Waals surface area (Å²) in [5.41, 5.74) is 1.09. The van der Waals surface area contributed by atoms with Gasteiger partial charge in [0.1, 0.15) is 4.49 Å². The number of unbranched alkanes of at least 4 members (excludes halogenated alkanes) is 1. The van der Waals surface area contributed by atoms with Gasteiger partial charge in [-0.2, -0.15) is 0 Å². The monoisotopic (exact) mass is 222 g/mol. The van der Waals surface area contributed by atoms with Gasteiger partial charge in [-0.25, -0.2) is 0 Å². The van der Waals surface area contributed by atoms with E-state index in [1.54, 1.807) is 0 Å². The highest BCUT2D eigenvalue weighted by Gasteiger charge is 1.70. The van der Waals surface area contributed by atoms with Crippen molar-refractivity contribution >= 4 is 34.8 Å². The normalized spacial score (nSPS) is 5.91. The van der Waals surface area contributed by atoms with Crippen molar-refractivity contribution in [2.75, 3.05) is 0 Å². The van der Waals surface area contributed by atoms with Crippen LogP contribution < -0.4 is 12.3 Å². The highest BCUT2D eigenvalue weighted by molar-refractivity contribution is 6.58. The van der Waals surface area contributed by atoms with Crippen molar-refractivity contribution in [3.63, 3.8) is 0 Å². The van der Waals surface area contributed by atoms with E-state index in [-0.39, 0.29) is 16.8 Å². The Morgan fingerprint density at radius 1 is 1.09 bits per heavy atom. The van der Waals surface area contributed by atoms with Crippen molar-refractivity contribution < 1.29 is 0 Å². The van der Waals surface area contributed by atoms with Gasteiger partial charge >= 0.3 is 0 Å².